The zero-order chi connectivity index (χ0) is 18.4. The molecule has 1 N–H and O–H groups in total. The number of aliphatic carboxylic acids is 1. The van der Waals surface area contributed by atoms with Gasteiger partial charge in [-0.15, -0.1) is 0 Å². The molecule has 3 rings (SSSR count). The van der Waals surface area contributed by atoms with E-state index in [0.717, 1.165) is 4.31 Å². The van der Waals surface area contributed by atoms with Gasteiger partial charge in [-0.1, -0.05) is 18.2 Å². The molecule has 0 bridgehead atoms. The van der Waals surface area contributed by atoms with E-state index in [1.54, 1.807) is 24.3 Å². The van der Waals surface area contributed by atoms with Crippen molar-refractivity contribution in [2.24, 2.45) is 0 Å². The minimum Gasteiger partial charge on any atom is -0.481 e. The van der Waals surface area contributed by atoms with Crippen LogP contribution in [0, 0.1) is 0 Å². The van der Waals surface area contributed by atoms with Crippen molar-refractivity contribution in [3.63, 3.8) is 0 Å². The number of benzene rings is 1. The molecule has 0 saturated heterocycles. The summed E-state index contributed by atoms with van der Waals surface area (Å²) < 4.78 is 30.3. The number of hydrogen-bond donors (Lipinski definition) is 1. The van der Waals surface area contributed by atoms with Gasteiger partial charge in [0.1, 0.15) is 5.92 Å². The maximum Gasteiger partial charge on any atom is 0.312 e. The summed E-state index contributed by atoms with van der Waals surface area (Å²) >= 11 is 0. The summed E-state index contributed by atoms with van der Waals surface area (Å²) in [4.78, 5) is 25.4. The largest absolute Gasteiger partial charge is 0.481 e. The van der Waals surface area contributed by atoms with Crippen LogP contribution in [0.2, 0.25) is 0 Å². The minimum atomic E-state index is -3.80. The summed E-state index contributed by atoms with van der Waals surface area (Å²) in [6.07, 6.45) is 0. The Kier molecular flexibility index (Phi) is 4.13. The van der Waals surface area contributed by atoms with Gasteiger partial charge in [-0.2, -0.15) is 0 Å². The van der Waals surface area contributed by atoms with E-state index in [4.69, 9.17) is 4.42 Å². The number of furan rings is 1. The molecular weight excluding hydrogens is 348 g/mol. The third kappa shape index (κ3) is 2.81. The number of sulfonamides is 1. The molecule has 1 aliphatic rings. The van der Waals surface area contributed by atoms with Crippen LogP contribution in [0.3, 0.4) is 0 Å². The van der Waals surface area contributed by atoms with E-state index < -0.39 is 27.8 Å². The predicted molar refractivity (Wildman–Crippen MR) is 88.1 cm³/mol. The highest BCUT2D eigenvalue weighted by Gasteiger charge is 2.38. The zero-order valence-electron chi connectivity index (χ0n) is 13.5. The molecule has 1 aliphatic heterocycles. The molecule has 2 aromatic rings. The molecule has 8 nitrogen and oxygen atoms in total. The second kappa shape index (κ2) is 6.01. The molecule has 1 amide bonds. The molecule has 0 aliphatic carbocycles. The van der Waals surface area contributed by atoms with Crippen molar-refractivity contribution in [1.29, 1.82) is 0 Å². The molecule has 0 radical (unpaired) electrons. The van der Waals surface area contributed by atoms with E-state index >= 15 is 0 Å². The van der Waals surface area contributed by atoms with Gasteiger partial charge in [-0.3, -0.25) is 9.59 Å². The Morgan fingerprint density at radius 1 is 1.20 bits per heavy atom. The first-order valence-electron chi connectivity index (χ1n) is 7.39. The Balaban J connectivity index is 1.95. The van der Waals surface area contributed by atoms with Crippen LogP contribution in [0.5, 0.6) is 0 Å². The lowest BCUT2D eigenvalue weighted by atomic mass is 10.0. The SMILES string of the molecule is CN(C)S(=O)(=O)c1ccc(C(=O)N2CC(C(=O)O)c3ccccc32)o1. The molecule has 132 valence electrons. The molecule has 1 unspecified atom stereocenters. The molecule has 9 heteroatoms. The van der Waals surface area contributed by atoms with Crippen LogP contribution in [-0.2, 0) is 14.8 Å². The highest BCUT2D eigenvalue weighted by molar-refractivity contribution is 7.88. The first-order valence-corrected chi connectivity index (χ1v) is 8.83. The predicted octanol–water partition coefficient (Wildman–Crippen LogP) is 1.36. The lowest BCUT2D eigenvalue weighted by molar-refractivity contribution is -0.138. The van der Waals surface area contributed by atoms with E-state index in [2.05, 4.69) is 0 Å². The molecule has 2 heterocycles. The molecule has 1 aromatic heterocycles. The highest BCUT2D eigenvalue weighted by atomic mass is 32.2. The Morgan fingerprint density at radius 3 is 2.52 bits per heavy atom. The number of rotatable bonds is 4. The van der Waals surface area contributed by atoms with Crippen LogP contribution in [0.4, 0.5) is 5.69 Å². The van der Waals surface area contributed by atoms with Crippen LogP contribution < -0.4 is 4.90 Å². The van der Waals surface area contributed by atoms with Crippen molar-refractivity contribution in [2.75, 3.05) is 25.5 Å². The fraction of sp³-hybridized carbons (Fsp3) is 0.250. The fourth-order valence-corrected chi connectivity index (χ4v) is 3.49. The summed E-state index contributed by atoms with van der Waals surface area (Å²) in [5, 5.41) is 9.01. The topological polar surface area (TPSA) is 108 Å². The van der Waals surface area contributed by atoms with Gasteiger partial charge in [-0.25, -0.2) is 12.7 Å². The lowest BCUT2D eigenvalue weighted by Crippen LogP contribution is -2.31. The molecule has 1 aromatic carbocycles. The van der Waals surface area contributed by atoms with Crippen molar-refractivity contribution >= 4 is 27.6 Å². The first-order chi connectivity index (χ1) is 11.7. The number of hydrogen-bond acceptors (Lipinski definition) is 5. The van der Waals surface area contributed by atoms with Crippen molar-refractivity contribution in [3.8, 4) is 0 Å². The van der Waals surface area contributed by atoms with E-state index in [1.807, 2.05) is 0 Å². The Bertz CT molecular complexity index is 947. The van der Waals surface area contributed by atoms with Gasteiger partial charge in [-0.05, 0) is 23.8 Å². The maximum absolute atomic E-state index is 12.7. The number of carboxylic acid groups (broad SMARTS) is 1. The monoisotopic (exact) mass is 364 g/mol. The number of anilines is 1. The van der Waals surface area contributed by atoms with Crippen molar-refractivity contribution in [1.82, 2.24) is 4.31 Å². The Morgan fingerprint density at radius 2 is 1.88 bits per heavy atom. The van der Waals surface area contributed by atoms with Crippen LogP contribution in [0.25, 0.3) is 0 Å². The minimum absolute atomic E-state index is 0.0377. The smallest absolute Gasteiger partial charge is 0.312 e. The number of para-hydroxylation sites is 1. The number of amides is 1. The highest BCUT2D eigenvalue weighted by Crippen LogP contribution is 2.37. The van der Waals surface area contributed by atoms with E-state index in [0.29, 0.717) is 11.3 Å². The van der Waals surface area contributed by atoms with Gasteiger partial charge in [0.15, 0.2) is 5.76 Å². The summed E-state index contributed by atoms with van der Waals surface area (Å²) in [5.74, 6) is -2.61. The van der Waals surface area contributed by atoms with Crippen molar-refractivity contribution < 1.29 is 27.5 Å². The summed E-state index contributed by atoms with van der Waals surface area (Å²) in [6, 6.07) is 9.20. The quantitative estimate of drug-likeness (QED) is 0.877. The van der Waals surface area contributed by atoms with E-state index in [-0.39, 0.29) is 17.4 Å². The standard InChI is InChI=1S/C16H16N2O6S/c1-17(2)25(22,23)14-8-7-13(24-14)15(19)18-9-11(16(20)21)10-5-3-4-6-12(10)18/h3-8,11H,9H2,1-2H3,(H,20,21). The first kappa shape index (κ1) is 17.2. The number of nitrogens with zero attached hydrogens (tertiary/aromatic N) is 2. The molecule has 0 spiro atoms. The number of carboxylic acids is 1. The molecule has 25 heavy (non-hydrogen) atoms. The third-order valence-corrected chi connectivity index (χ3v) is 5.73. The van der Waals surface area contributed by atoms with Crippen molar-refractivity contribution in [3.05, 3.63) is 47.7 Å². The van der Waals surface area contributed by atoms with Gasteiger partial charge in [0.2, 0.25) is 5.09 Å². The van der Waals surface area contributed by atoms with Crippen LogP contribution >= 0.6 is 0 Å². The Labute approximate surface area is 144 Å². The van der Waals surface area contributed by atoms with Gasteiger partial charge in [0.05, 0.1) is 0 Å². The van der Waals surface area contributed by atoms with Crippen LogP contribution in [0.15, 0.2) is 45.9 Å². The normalized spacial score (nSPS) is 16.9. The lowest BCUT2D eigenvalue weighted by Gasteiger charge is -2.16. The second-order valence-electron chi connectivity index (χ2n) is 5.77. The van der Waals surface area contributed by atoms with E-state index in [1.165, 1.54) is 31.1 Å². The number of carbonyl (C=O) groups is 2. The molecule has 1 atom stereocenters. The molecule has 0 fully saturated rings. The summed E-state index contributed by atoms with van der Waals surface area (Å²) in [5.41, 5.74) is 1.02. The molecular formula is C16H16N2O6S. The molecule has 0 saturated carbocycles. The zero-order valence-corrected chi connectivity index (χ0v) is 14.4. The van der Waals surface area contributed by atoms with Gasteiger partial charge in [0, 0.05) is 26.3 Å². The van der Waals surface area contributed by atoms with E-state index in [9.17, 15) is 23.1 Å². The Hall–Kier alpha value is -2.65. The third-order valence-electron chi connectivity index (χ3n) is 4.04. The fourth-order valence-electron chi connectivity index (χ4n) is 2.70. The van der Waals surface area contributed by atoms with Gasteiger partial charge in [0.25, 0.3) is 15.9 Å². The van der Waals surface area contributed by atoms with Crippen LogP contribution in [-0.4, -0.2) is 50.3 Å². The maximum atomic E-state index is 12.7. The second-order valence-corrected chi connectivity index (χ2v) is 7.85. The average Bonchev–Trinajstić information content (AvgIpc) is 3.19. The van der Waals surface area contributed by atoms with Gasteiger partial charge >= 0.3 is 5.97 Å². The van der Waals surface area contributed by atoms with Crippen LogP contribution in [0.1, 0.15) is 22.0 Å². The van der Waals surface area contributed by atoms with Gasteiger partial charge < -0.3 is 14.4 Å². The number of carbonyl (C=O) groups excluding carboxylic acids is 1. The number of fused-ring (bicyclic) bond motifs is 1. The summed E-state index contributed by atoms with van der Waals surface area (Å²) in [7, 11) is -1.09. The van der Waals surface area contributed by atoms with Crippen molar-refractivity contribution in [2.45, 2.75) is 11.0 Å². The average molecular weight is 364 g/mol. The summed E-state index contributed by atoms with van der Waals surface area (Å²) in [6.45, 7) is -0.0377.